The van der Waals surface area contributed by atoms with Crippen LogP contribution in [0.25, 0.3) is 0 Å². The molecule has 1 aromatic rings. The molecule has 2 fully saturated rings. The van der Waals surface area contributed by atoms with E-state index in [-0.39, 0.29) is 11.8 Å². The summed E-state index contributed by atoms with van der Waals surface area (Å²) in [5.41, 5.74) is 0. The van der Waals surface area contributed by atoms with Crippen LogP contribution < -0.4 is 15.4 Å². The van der Waals surface area contributed by atoms with Crippen LogP contribution in [-0.4, -0.2) is 36.6 Å². The predicted molar refractivity (Wildman–Crippen MR) is 75.4 cm³/mol. The third-order valence-electron chi connectivity index (χ3n) is 3.86. The van der Waals surface area contributed by atoms with Crippen LogP contribution in [0.3, 0.4) is 0 Å². The predicted octanol–water partition coefficient (Wildman–Crippen LogP) is 0.965. The molecule has 1 saturated carbocycles. The number of carbonyl (C=O) groups is 1. The zero-order valence-electron chi connectivity index (χ0n) is 11.5. The van der Waals surface area contributed by atoms with Gasteiger partial charge in [-0.2, -0.15) is 0 Å². The summed E-state index contributed by atoms with van der Waals surface area (Å²) in [5, 5.41) is 6.43. The molecule has 108 valence electrons. The molecular formula is C15H21N3O2. The van der Waals surface area contributed by atoms with Crippen molar-refractivity contribution in [2.45, 2.75) is 25.3 Å². The number of nitrogens with one attached hydrogen (secondary N) is 2. The van der Waals surface area contributed by atoms with Gasteiger partial charge in [0.05, 0.1) is 18.7 Å². The Bertz CT molecular complexity index is 448. The number of carbonyl (C=O) groups excluding carboxylic acids is 1. The third-order valence-corrected chi connectivity index (χ3v) is 3.86. The molecule has 1 aliphatic carbocycles. The lowest BCUT2D eigenvalue weighted by Gasteiger charge is -2.29. The van der Waals surface area contributed by atoms with Crippen molar-refractivity contribution in [3.8, 4) is 5.75 Å². The van der Waals surface area contributed by atoms with Crippen LogP contribution in [0.1, 0.15) is 19.3 Å². The lowest BCUT2D eigenvalue weighted by atomic mass is 9.90. The van der Waals surface area contributed by atoms with Crippen molar-refractivity contribution < 1.29 is 9.53 Å². The van der Waals surface area contributed by atoms with E-state index in [1.165, 1.54) is 0 Å². The molecule has 1 amide bonds. The van der Waals surface area contributed by atoms with Crippen molar-refractivity contribution in [1.82, 2.24) is 15.6 Å². The van der Waals surface area contributed by atoms with Gasteiger partial charge in [0.25, 0.3) is 0 Å². The molecule has 3 rings (SSSR count). The average Bonchev–Trinajstić information content (AvgIpc) is 3.30. The van der Waals surface area contributed by atoms with E-state index in [4.69, 9.17) is 4.74 Å². The first-order chi connectivity index (χ1) is 9.81. The molecule has 0 bridgehead atoms. The van der Waals surface area contributed by atoms with Crippen LogP contribution >= 0.6 is 0 Å². The summed E-state index contributed by atoms with van der Waals surface area (Å²) in [5.74, 6) is 1.44. The highest BCUT2D eigenvalue weighted by atomic mass is 16.5. The first kappa shape index (κ1) is 13.4. The molecule has 5 heteroatoms. The van der Waals surface area contributed by atoms with E-state index in [2.05, 4.69) is 15.6 Å². The minimum Gasteiger partial charge on any atom is -0.492 e. The van der Waals surface area contributed by atoms with Crippen molar-refractivity contribution in [2.75, 3.05) is 19.7 Å². The molecule has 20 heavy (non-hydrogen) atoms. The van der Waals surface area contributed by atoms with E-state index >= 15 is 0 Å². The second kappa shape index (κ2) is 6.22. The first-order valence-corrected chi connectivity index (χ1v) is 7.35. The van der Waals surface area contributed by atoms with E-state index < -0.39 is 0 Å². The summed E-state index contributed by atoms with van der Waals surface area (Å²) in [6, 6.07) is 4.20. The lowest BCUT2D eigenvalue weighted by Crippen LogP contribution is -2.45. The van der Waals surface area contributed by atoms with E-state index in [0.717, 1.165) is 38.1 Å². The number of amides is 1. The largest absolute Gasteiger partial charge is 0.492 e. The first-order valence-electron chi connectivity index (χ1n) is 7.35. The van der Waals surface area contributed by atoms with Gasteiger partial charge in [0.1, 0.15) is 5.75 Å². The Labute approximate surface area is 119 Å². The van der Waals surface area contributed by atoms with Crippen LogP contribution in [0.15, 0.2) is 24.5 Å². The van der Waals surface area contributed by atoms with Crippen LogP contribution in [0, 0.1) is 11.8 Å². The normalized spacial score (nSPS) is 26.0. The molecule has 1 saturated heterocycles. The topological polar surface area (TPSA) is 63.2 Å². The van der Waals surface area contributed by atoms with Crippen molar-refractivity contribution in [1.29, 1.82) is 0 Å². The molecule has 0 spiro atoms. The molecule has 1 aromatic heterocycles. The summed E-state index contributed by atoms with van der Waals surface area (Å²) in [6.07, 6.45) is 6.62. The maximum absolute atomic E-state index is 12.1. The number of nitrogens with zero attached hydrogens (tertiary/aromatic N) is 1. The fourth-order valence-corrected chi connectivity index (χ4v) is 2.55. The quantitative estimate of drug-likeness (QED) is 0.840. The Hall–Kier alpha value is -1.62. The molecule has 5 nitrogen and oxygen atoms in total. The van der Waals surface area contributed by atoms with Gasteiger partial charge in [0, 0.05) is 31.2 Å². The molecule has 0 unspecified atom stereocenters. The van der Waals surface area contributed by atoms with Crippen LogP contribution in [-0.2, 0) is 4.79 Å². The zero-order chi connectivity index (χ0) is 13.8. The summed E-state index contributed by atoms with van der Waals surface area (Å²) in [6.45, 7) is 2.32. The van der Waals surface area contributed by atoms with Gasteiger partial charge in [0.2, 0.25) is 5.91 Å². The summed E-state index contributed by atoms with van der Waals surface area (Å²) in [7, 11) is 0. The molecule has 0 aromatic carbocycles. The van der Waals surface area contributed by atoms with Gasteiger partial charge in [-0.3, -0.25) is 9.78 Å². The standard InChI is InChI=1S/C15H21N3O2/c19-15(18-13-3-4-13)12-6-11(7-17-8-12)10-20-14-2-1-5-16-9-14/h1-2,5,9,11-13,17H,3-4,6-8,10H2,(H,18,19)/t11-,12+/m0/s1. The zero-order valence-corrected chi connectivity index (χ0v) is 11.5. The number of ether oxygens (including phenoxy) is 1. The number of aromatic nitrogens is 1. The van der Waals surface area contributed by atoms with Crippen molar-refractivity contribution >= 4 is 5.91 Å². The van der Waals surface area contributed by atoms with E-state index in [9.17, 15) is 4.79 Å². The Balaban J connectivity index is 1.46. The van der Waals surface area contributed by atoms with Crippen molar-refractivity contribution in [3.63, 3.8) is 0 Å². The van der Waals surface area contributed by atoms with Gasteiger partial charge < -0.3 is 15.4 Å². The minimum atomic E-state index is 0.0758. The Morgan fingerprint density at radius 2 is 2.35 bits per heavy atom. The smallest absolute Gasteiger partial charge is 0.224 e. The van der Waals surface area contributed by atoms with Gasteiger partial charge in [-0.25, -0.2) is 0 Å². The fraction of sp³-hybridized carbons (Fsp3) is 0.600. The Morgan fingerprint density at radius 3 is 3.10 bits per heavy atom. The van der Waals surface area contributed by atoms with Crippen LogP contribution in [0.4, 0.5) is 0 Å². The SMILES string of the molecule is O=C(NC1CC1)[C@H]1CNC[C@@H](COc2cccnc2)C1. The number of rotatable bonds is 5. The van der Waals surface area contributed by atoms with Gasteiger partial charge in [-0.05, 0) is 31.4 Å². The maximum Gasteiger partial charge on any atom is 0.224 e. The van der Waals surface area contributed by atoms with Crippen LogP contribution in [0.2, 0.25) is 0 Å². The molecule has 1 aliphatic heterocycles. The molecule has 2 heterocycles. The van der Waals surface area contributed by atoms with Crippen LogP contribution in [0.5, 0.6) is 5.75 Å². The number of piperidine rings is 1. The number of hydrogen-bond acceptors (Lipinski definition) is 4. The van der Waals surface area contributed by atoms with E-state index in [1.807, 2.05) is 12.1 Å². The monoisotopic (exact) mass is 275 g/mol. The average molecular weight is 275 g/mol. The van der Waals surface area contributed by atoms with Gasteiger partial charge in [0.15, 0.2) is 0 Å². The third kappa shape index (κ3) is 3.70. The highest BCUT2D eigenvalue weighted by molar-refractivity contribution is 5.79. The summed E-state index contributed by atoms with van der Waals surface area (Å²) in [4.78, 5) is 16.1. The second-order valence-electron chi connectivity index (χ2n) is 5.74. The van der Waals surface area contributed by atoms with Crippen molar-refractivity contribution in [2.24, 2.45) is 11.8 Å². The van der Waals surface area contributed by atoms with Gasteiger partial charge in [-0.1, -0.05) is 0 Å². The fourth-order valence-electron chi connectivity index (χ4n) is 2.55. The number of hydrogen-bond donors (Lipinski definition) is 2. The summed E-state index contributed by atoms with van der Waals surface area (Å²) >= 11 is 0. The molecule has 2 aliphatic rings. The second-order valence-corrected chi connectivity index (χ2v) is 5.74. The lowest BCUT2D eigenvalue weighted by molar-refractivity contribution is -0.126. The van der Waals surface area contributed by atoms with Crippen molar-refractivity contribution in [3.05, 3.63) is 24.5 Å². The van der Waals surface area contributed by atoms with E-state index in [1.54, 1.807) is 12.4 Å². The molecule has 0 radical (unpaired) electrons. The Kier molecular flexibility index (Phi) is 4.16. The molecular weight excluding hydrogens is 254 g/mol. The Morgan fingerprint density at radius 1 is 1.45 bits per heavy atom. The molecule has 2 atom stereocenters. The summed E-state index contributed by atoms with van der Waals surface area (Å²) < 4.78 is 5.73. The van der Waals surface area contributed by atoms with Gasteiger partial charge in [-0.15, -0.1) is 0 Å². The highest BCUT2D eigenvalue weighted by Gasteiger charge is 2.31. The molecule has 2 N–H and O–H groups in total. The minimum absolute atomic E-state index is 0.0758. The highest BCUT2D eigenvalue weighted by Crippen LogP contribution is 2.22. The van der Waals surface area contributed by atoms with Gasteiger partial charge >= 0.3 is 0 Å². The maximum atomic E-state index is 12.1. The van der Waals surface area contributed by atoms with E-state index in [0.29, 0.717) is 18.6 Å². The number of pyridine rings is 1.